The van der Waals surface area contributed by atoms with Crippen molar-refractivity contribution in [1.82, 2.24) is 5.32 Å². The molecule has 3 rings (SSSR count). The molecule has 1 aromatic heterocycles. The summed E-state index contributed by atoms with van der Waals surface area (Å²) in [6.45, 7) is 3.37. The van der Waals surface area contributed by atoms with Gasteiger partial charge in [0, 0.05) is 16.0 Å². The van der Waals surface area contributed by atoms with Gasteiger partial charge < -0.3 is 5.32 Å². The van der Waals surface area contributed by atoms with Gasteiger partial charge >= 0.3 is 0 Å². The number of rotatable bonds is 5. The summed E-state index contributed by atoms with van der Waals surface area (Å²) in [5, 5.41) is 8.18. The van der Waals surface area contributed by atoms with Crippen molar-refractivity contribution in [3.63, 3.8) is 0 Å². The van der Waals surface area contributed by atoms with Crippen LogP contribution in [0.3, 0.4) is 0 Å². The molecule has 1 nitrogen and oxygen atoms in total. The molecule has 0 aliphatic carbocycles. The van der Waals surface area contributed by atoms with Crippen molar-refractivity contribution in [2.45, 2.75) is 43.9 Å². The summed E-state index contributed by atoms with van der Waals surface area (Å²) in [5.41, 5.74) is 1.52. The molecular formula is C17H23NS2. The maximum Gasteiger partial charge on any atom is 0.0454 e. The van der Waals surface area contributed by atoms with Crippen LogP contribution in [0, 0.1) is 0 Å². The van der Waals surface area contributed by atoms with Crippen LogP contribution in [0.15, 0.2) is 29.6 Å². The average Bonchev–Trinajstić information content (AvgIpc) is 2.98. The number of fused-ring (bicyclic) bond motifs is 1. The molecule has 0 radical (unpaired) electrons. The summed E-state index contributed by atoms with van der Waals surface area (Å²) in [6.07, 6.45) is 5.34. The van der Waals surface area contributed by atoms with E-state index in [1.54, 1.807) is 0 Å². The quantitative estimate of drug-likeness (QED) is 0.812. The number of hydrogen-bond acceptors (Lipinski definition) is 3. The van der Waals surface area contributed by atoms with Crippen molar-refractivity contribution in [3.05, 3.63) is 35.2 Å². The molecule has 0 spiro atoms. The van der Waals surface area contributed by atoms with E-state index in [2.05, 4.69) is 53.6 Å². The van der Waals surface area contributed by atoms with E-state index in [1.807, 2.05) is 11.3 Å². The zero-order chi connectivity index (χ0) is 13.8. The Morgan fingerprint density at radius 3 is 3.05 bits per heavy atom. The molecule has 3 heteroatoms. The lowest BCUT2D eigenvalue weighted by Crippen LogP contribution is -2.32. The van der Waals surface area contributed by atoms with Crippen molar-refractivity contribution in [2.75, 3.05) is 12.3 Å². The summed E-state index contributed by atoms with van der Waals surface area (Å²) in [7, 11) is 0. The van der Waals surface area contributed by atoms with Crippen molar-refractivity contribution in [2.24, 2.45) is 0 Å². The smallest absolute Gasteiger partial charge is 0.0454 e. The summed E-state index contributed by atoms with van der Waals surface area (Å²) < 4.78 is 1.48. The molecule has 1 saturated heterocycles. The fourth-order valence-corrected chi connectivity index (χ4v) is 5.43. The molecule has 0 bridgehead atoms. The highest BCUT2D eigenvalue weighted by molar-refractivity contribution is 8.00. The minimum atomic E-state index is 0.516. The topological polar surface area (TPSA) is 12.0 Å². The maximum absolute atomic E-state index is 3.82. The van der Waals surface area contributed by atoms with Crippen LogP contribution in [0.5, 0.6) is 0 Å². The van der Waals surface area contributed by atoms with Gasteiger partial charge in [0.1, 0.15) is 0 Å². The lowest BCUT2D eigenvalue weighted by molar-refractivity contribution is 0.482. The second-order valence-corrected chi connectivity index (χ2v) is 7.79. The van der Waals surface area contributed by atoms with Gasteiger partial charge in [0.05, 0.1) is 0 Å². The molecule has 1 aromatic carbocycles. The SMILES string of the molecule is CCCNC(c1cccc2ccsc12)C1CCCCS1. The molecule has 2 aromatic rings. The van der Waals surface area contributed by atoms with Crippen LogP contribution in [0.4, 0.5) is 0 Å². The third-order valence-electron chi connectivity index (χ3n) is 4.05. The molecule has 0 saturated carbocycles. The van der Waals surface area contributed by atoms with E-state index in [4.69, 9.17) is 0 Å². The fourth-order valence-electron chi connectivity index (χ4n) is 3.03. The summed E-state index contributed by atoms with van der Waals surface area (Å²) in [4.78, 5) is 0. The summed E-state index contributed by atoms with van der Waals surface area (Å²) >= 11 is 4.06. The van der Waals surface area contributed by atoms with E-state index in [-0.39, 0.29) is 0 Å². The fraction of sp³-hybridized carbons (Fsp3) is 0.529. The molecule has 1 N–H and O–H groups in total. The minimum absolute atomic E-state index is 0.516. The van der Waals surface area contributed by atoms with E-state index < -0.39 is 0 Å². The Balaban J connectivity index is 1.92. The van der Waals surface area contributed by atoms with Crippen LogP contribution < -0.4 is 5.32 Å². The van der Waals surface area contributed by atoms with Crippen LogP contribution in [0.1, 0.15) is 44.2 Å². The lowest BCUT2D eigenvalue weighted by atomic mass is 9.98. The first-order chi connectivity index (χ1) is 9.90. The van der Waals surface area contributed by atoms with Gasteiger partial charge in [-0.2, -0.15) is 11.8 Å². The van der Waals surface area contributed by atoms with E-state index in [0.29, 0.717) is 6.04 Å². The monoisotopic (exact) mass is 305 g/mol. The predicted octanol–water partition coefficient (Wildman–Crippen LogP) is 5.23. The molecule has 2 atom stereocenters. The Bertz CT molecular complexity index is 543. The second-order valence-electron chi connectivity index (χ2n) is 5.52. The molecule has 1 fully saturated rings. The third kappa shape index (κ3) is 3.05. The minimum Gasteiger partial charge on any atom is -0.309 e. The summed E-state index contributed by atoms with van der Waals surface area (Å²) in [5.74, 6) is 1.33. The largest absolute Gasteiger partial charge is 0.309 e. The molecule has 1 aliphatic rings. The molecule has 2 unspecified atom stereocenters. The predicted molar refractivity (Wildman–Crippen MR) is 93.0 cm³/mol. The average molecular weight is 306 g/mol. The van der Waals surface area contributed by atoms with Crippen LogP contribution in [-0.2, 0) is 0 Å². The second kappa shape index (κ2) is 6.97. The zero-order valence-corrected chi connectivity index (χ0v) is 13.7. The normalized spacial score (nSPS) is 21.1. The van der Waals surface area contributed by atoms with Crippen LogP contribution in [-0.4, -0.2) is 17.5 Å². The van der Waals surface area contributed by atoms with Gasteiger partial charge in [-0.05, 0) is 54.0 Å². The van der Waals surface area contributed by atoms with Gasteiger partial charge in [0.25, 0.3) is 0 Å². The Hall–Kier alpha value is -0.510. The van der Waals surface area contributed by atoms with E-state index in [0.717, 1.165) is 11.8 Å². The van der Waals surface area contributed by atoms with Crippen molar-refractivity contribution < 1.29 is 0 Å². The van der Waals surface area contributed by atoms with E-state index in [1.165, 1.54) is 47.1 Å². The number of nitrogens with one attached hydrogen (secondary N) is 1. The molecule has 0 amide bonds. The van der Waals surface area contributed by atoms with Crippen molar-refractivity contribution >= 4 is 33.2 Å². The van der Waals surface area contributed by atoms with Gasteiger partial charge in [-0.3, -0.25) is 0 Å². The zero-order valence-electron chi connectivity index (χ0n) is 12.1. The van der Waals surface area contributed by atoms with Gasteiger partial charge in [-0.15, -0.1) is 11.3 Å². The van der Waals surface area contributed by atoms with Gasteiger partial charge in [-0.25, -0.2) is 0 Å². The van der Waals surface area contributed by atoms with E-state index >= 15 is 0 Å². The standard InChI is InChI=1S/C17H23NS2/c1-2-10-18-16(15-8-3-4-11-19-15)14-7-5-6-13-9-12-20-17(13)14/h5-7,9,12,15-16,18H,2-4,8,10-11H2,1H3. The van der Waals surface area contributed by atoms with Gasteiger partial charge in [0.2, 0.25) is 0 Å². The van der Waals surface area contributed by atoms with Gasteiger partial charge in [-0.1, -0.05) is 31.5 Å². The Labute approximate surface area is 130 Å². The number of hydrogen-bond donors (Lipinski definition) is 1. The Morgan fingerprint density at radius 2 is 2.25 bits per heavy atom. The van der Waals surface area contributed by atoms with Crippen LogP contribution >= 0.6 is 23.1 Å². The molecule has 108 valence electrons. The highest BCUT2D eigenvalue weighted by Crippen LogP contribution is 2.38. The van der Waals surface area contributed by atoms with E-state index in [9.17, 15) is 0 Å². The van der Waals surface area contributed by atoms with Gasteiger partial charge in [0.15, 0.2) is 0 Å². The molecule has 20 heavy (non-hydrogen) atoms. The maximum atomic E-state index is 3.82. The number of thioether (sulfide) groups is 1. The molecular weight excluding hydrogens is 282 g/mol. The van der Waals surface area contributed by atoms with Crippen LogP contribution in [0.2, 0.25) is 0 Å². The lowest BCUT2D eigenvalue weighted by Gasteiger charge is -2.31. The first-order valence-corrected chi connectivity index (χ1v) is 9.64. The Morgan fingerprint density at radius 1 is 1.30 bits per heavy atom. The molecule has 2 heterocycles. The molecule has 1 aliphatic heterocycles. The van der Waals surface area contributed by atoms with Crippen molar-refractivity contribution in [1.29, 1.82) is 0 Å². The van der Waals surface area contributed by atoms with Crippen molar-refractivity contribution in [3.8, 4) is 0 Å². The first kappa shape index (κ1) is 14.4. The Kier molecular flexibility index (Phi) is 5.03. The highest BCUT2D eigenvalue weighted by atomic mass is 32.2. The highest BCUT2D eigenvalue weighted by Gasteiger charge is 2.26. The summed E-state index contributed by atoms with van der Waals surface area (Å²) in [6, 6.07) is 9.55. The van der Waals surface area contributed by atoms with Crippen LogP contribution in [0.25, 0.3) is 10.1 Å². The first-order valence-electron chi connectivity index (χ1n) is 7.71. The number of thiophene rings is 1. The third-order valence-corrected chi connectivity index (χ3v) is 6.49. The number of benzene rings is 1.